The molecule has 0 bridgehead atoms. The first-order valence-electron chi connectivity index (χ1n) is 6.67. The zero-order chi connectivity index (χ0) is 16.2. The summed E-state index contributed by atoms with van der Waals surface area (Å²) in [7, 11) is 0. The highest BCUT2D eigenvalue weighted by Crippen LogP contribution is 2.34. The summed E-state index contributed by atoms with van der Waals surface area (Å²) < 4.78 is 42.5. The van der Waals surface area contributed by atoms with Gasteiger partial charge in [-0.1, -0.05) is 36.4 Å². The van der Waals surface area contributed by atoms with Gasteiger partial charge >= 0.3 is 6.18 Å². The highest BCUT2D eigenvalue weighted by atomic mass is 35.5. The average Bonchev–Trinajstić information content (AvgIpc) is 2.44. The molecule has 0 amide bonds. The molecule has 0 unspecified atom stereocenters. The maximum atomic E-state index is 12.3. The molecule has 0 aliphatic heterocycles. The molecule has 2 aromatic rings. The summed E-state index contributed by atoms with van der Waals surface area (Å²) in [6, 6.07) is 12.2. The molecule has 7 heteroatoms. The van der Waals surface area contributed by atoms with Crippen molar-refractivity contribution >= 4 is 12.4 Å². The molecule has 0 aromatic heterocycles. The number of aromatic hydroxyl groups is 1. The highest BCUT2D eigenvalue weighted by molar-refractivity contribution is 5.85. The molecular formula is C16H17ClF3NO2. The molecule has 2 rings (SSSR count). The topological polar surface area (TPSA) is 55.5 Å². The van der Waals surface area contributed by atoms with E-state index in [-0.39, 0.29) is 23.7 Å². The third kappa shape index (κ3) is 6.00. The molecule has 0 radical (unpaired) electrons. The minimum absolute atomic E-state index is 0. The van der Waals surface area contributed by atoms with Crippen LogP contribution in [0.1, 0.15) is 23.6 Å². The Hall–Kier alpha value is -1.92. The van der Waals surface area contributed by atoms with E-state index in [2.05, 4.69) is 0 Å². The van der Waals surface area contributed by atoms with Crippen molar-refractivity contribution in [2.24, 2.45) is 5.73 Å². The van der Waals surface area contributed by atoms with Gasteiger partial charge in [0.2, 0.25) is 0 Å². The van der Waals surface area contributed by atoms with Crippen molar-refractivity contribution in [2.75, 3.05) is 0 Å². The van der Waals surface area contributed by atoms with Crippen LogP contribution in [-0.4, -0.2) is 11.3 Å². The SMILES string of the molecule is Cl.N[C@H](CC(F)(F)F)c1ccc(OCc2ccccc2)cc1O. The number of phenols is 1. The minimum atomic E-state index is -4.38. The Balaban J connectivity index is 0.00000264. The van der Waals surface area contributed by atoms with E-state index in [0.717, 1.165) is 5.56 Å². The molecule has 0 aliphatic rings. The number of hydrogen-bond donors (Lipinski definition) is 2. The first kappa shape index (κ1) is 19.1. The van der Waals surface area contributed by atoms with Gasteiger partial charge in [0.05, 0.1) is 6.42 Å². The van der Waals surface area contributed by atoms with Crippen LogP contribution in [0.4, 0.5) is 13.2 Å². The predicted molar refractivity (Wildman–Crippen MR) is 83.7 cm³/mol. The van der Waals surface area contributed by atoms with Gasteiger partial charge in [-0.3, -0.25) is 0 Å². The van der Waals surface area contributed by atoms with E-state index >= 15 is 0 Å². The molecule has 0 fully saturated rings. The van der Waals surface area contributed by atoms with E-state index in [1.165, 1.54) is 18.2 Å². The number of hydrogen-bond acceptors (Lipinski definition) is 3. The maximum absolute atomic E-state index is 12.3. The lowest BCUT2D eigenvalue weighted by Gasteiger charge is -2.16. The summed E-state index contributed by atoms with van der Waals surface area (Å²) in [5.74, 6) is 0.0617. The van der Waals surface area contributed by atoms with E-state index in [1.807, 2.05) is 30.3 Å². The molecule has 0 saturated heterocycles. The first-order valence-corrected chi connectivity index (χ1v) is 6.67. The molecule has 126 valence electrons. The molecular weight excluding hydrogens is 331 g/mol. The van der Waals surface area contributed by atoms with Crippen LogP contribution in [0.5, 0.6) is 11.5 Å². The van der Waals surface area contributed by atoms with Gasteiger partial charge in [-0.15, -0.1) is 12.4 Å². The summed E-state index contributed by atoms with van der Waals surface area (Å²) >= 11 is 0. The fourth-order valence-corrected chi connectivity index (χ4v) is 2.03. The Morgan fingerprint density at radius 1 is 1.09 bits per heavy atom. The number of nitrogens with two attached hydrogens (primary N) is 1. The molecule has 0 aliphatic carbocycles. The number of rotatable bonds is 5. The van der Waals surface area contributed by atoms with Crippen molar-refractivity contribution in [2.45, 2.75) is 25.2 Å². The van der Waals surface area contributed by atoms with Crippen LogP contribution in [0.2, 0.25) is 0 Å². The smallest absolute Gasteiger partial charge is 0.390 e. The highest BCUT2D eigenvalue weighted by Gasteiger charge is 2.31. The van der Waals surface area contributed by atoms with Crippen molar-refractivity contribution in [1.29, 1.82) is 0 Å². The predicted octanol–water partition coefficient (Wildman–Crippen LogP) is 4.35. The Bertz CT molecular complexity index is 620. The average molecular weight is 348 g/mol. The Morgan fingerprint density at radius 3 is 2.30 bits per heavy atom. The summed E-state index contributed by atoms with van der Waals surface area (Å²) in [4.78, 5) is 0. The second-order valence-electron chi connectivity index (χ2n) is 4.92. The summed E-state index contributed by atoms with van der Waals surface area (Å²) in [5.41, 5.74) is 6.47. The van der Waals surface area contributed by atoms with E-state index in [0.29, 0.717) is 12.4 Å². The lowest BCUT2D eigenvalue weighted by Crippen LogP contribution is -2.20. The third-order valence-corrected chi connectivity index (χ3v) is 3.10. The molecule has 3 N–H and O–H groups in total. The van der Waals surface area contributed by atoms with E-state index in [4.69, 9.17) is 10.5 Å². The van der Waals surface area contributed by atoms with Crippen LogP contribution < -0.4 is 10.5 Å². The lowest BCUT2D eigenvalue weighted by atomic mass is 10.0. The Labute approximate surface area is 138 Å². The quantitative estimate of drug-likeness (QED) is 0.845. The van der Waals surface area contributed by atoms with Gasteiger partial charge < -0.3 is 15.6 Å². The van der Waals surface area contributed by atoms with E-state index in [9.17, 15) is 18.3 Å². The molecule has 0 saturated carbocycles. The van der Waals surface area contributed by atoms with Crippen molar-refractivity contribution in [1.82, 2.24) is 0 Å². The third-order valence-electron chi connectivity index (χ3n) is 3.10. The van der Waals surface area contributed by atoms with Gasteiger partial charge in [0.15, 0.2) is 0 Å². The van der Waals surface area contributed by atoms with Gasteiger partial charge in [-0.05, 0) is 11.6 Å². The van der Waals surface area contributed by atoms with Crippen LogP contribution in [0.3, 0.4) is 0 Å². The van der Waals surface area contributed by atoms with Crippen LogP contribution in [0, 0.1) is 0 Å². The fraction of sp³-hybridized carbons (Fsp3) is 0.250. The van der Waals surface area contributed by atoms with Crippen LogP contribution in [-0.2, 0) is 6.61 Å². The largest absolute Gasteiger partial charge is 0.507 e. The van der Waals surface area contributed by atoms with Crippen molar-refractivity contribution in [3.05, 3.63) is 59.7 Å². The van der Waals surface area contributed by atoms with Crippen LogP contribution in [0.25, 0.3) is 0 Å². The summed E-state index contributed by atoms with van der Waals surface area (Å²) in [6.07, 6.45) is -5.57. The number of halogens is 4. The number of phenolic OH excluding ortho intramolecular Hbond substituents is 1. The van der Waals surface area contributed by atoms with Crippen LogP contribution >= 0.6 is 12.4 Å². The van der Waals surface area contributed by atoms with Gasteiger partial charge in [0, 0.05) is 17.7 Å². The van der Waals surface area contributed by atoms with Crippen molar-refractivity contribution < 1.29 is 23.0 Å². The normalized spacial score (nSPS) is 12.3. The van der Waals surface area contributed by atoms with Crippen LogP contribution in [0.15, 0.2) is 48.5 Å². The number of ether oxygens (including phenoxy) is 1. The lowest BCUT2D eigenvalue weighted by molar-refractivity contribution is -0.138. The van der Waals surface area contributed by atoms with Gasteiger partial charge in [0.25, 0.3) is 0 Å². The molecule has 2 aromatic carbocycles. The van der Waals surface area contributed by atoms with Gasteiger partial charge in [-0.2, -0.15) is 13.2 Å². The monoisotopic (exact) mass is 347 g/mol. The van der Waals surface area contributed by atoms with Gasteiger partial charge in [-0.25, -0.2) is 0 Å². The molecule has 1 atom stereocenters. The molecule has 0 spiro atoms. The number of benzene rings is 2. The standard InChI is InChI=1S/C16H16F3NO2.ClH/c17-16(18,19)9-14(20)13-7-6-12(8-15(13)21)22-10-11-4-2-1-3-5-11;/h1-8,14,21H,9-10,20H2;1H/t14-;/m1./s1. The van der Waals surface area contributed by atoms with E-state index in [1.54, 1.807) is 0 Å². The minimum Gasteiger partial charge on any atom is -0.507 e. The van der Waals surface area contributed by atoms with Crippen molar-refractivity contribution in [3.8, 4) is 11.5 Å². The molecule has 0 heterocycles. The first-order chi connectivity index (χ1) is 10.3. The zero-order valence-corrected chi connectivity index (χ0v) is 12.9. The number of alkyl halides is 3. The Morgan fingerprint density at radius 2 is 1.74 bits per heavy atom. The van der Waals surface area contributed by atoms with Gasteiger partial charge in [0.1, 0.15) is 18.1 Å². The second-order valence-corrected chi connectivity index (χ2v) is 4.92. The fourth-order valence-electron chi connectivity index (χ4n) is 2.03. The summed E-state index contributed by atoms with van der Waals surface area (Å²) in [5, 5.41) is 9.83. The maximum Gasteiger partial charge on any atom is 0.390 e. The van der Waals surface area contributed by atoms with Crippen molar-refractivity contribution in [3.63, 3.8) is 0 Å². The second kappa shape index (κ2) is 8.08. The molecule has 3 nitrogen and oxygen atoms in total. The Kier molecular flexibility index (Phi) is 6.72. The van der Waals surface area contributed by atoms with E-state index < -0.39 is 18.6 Å². The zero-order valence-electron chi connectivity index (χ0n) is 12.1. The summed E-state index contributed by atoms with van der Waals surface area (Å²) in [6.45, 7) is 0.300. The molecule has 23 heavy (non-hydrogen) atoms.